The molecule has 6 heteroatoms. The fraction of sp³-hybridized carbons (Fsp3) is 0.318. The normalized spacial score (nSPS) is 12.1. The van der Waals surface area contributed by atoms with Gasteiger partial charge in [0.15, 0.2) is 11.5 Å². The van der Waals surface area contributed by atoms with Gasteiger partial charge in [0.05, 0.1) is 27.4 Å². The number of hydrogen-bond donors (Lipinski definition) is 1. The summed E-state index contributed by atoms with van der Waals surface area (Å²) in [7, 11) is 4.63. The average molecular weight is 387 g/mol. The molecule has 0 aliphatic rings. The maximum absolute atomic E-state index is 13.2. The van der Waals surface area contributed by atoms with Crippen molar-refractivity contribution in [2.24, 2.45) is 5.92 Å². The van der Waals surface area contributed by atoms with Crippen LogP contribution in [-0.4, -0.2) is 27.2 Å². The summed E-state index contributed by atoms with van der Waals surface area (Å²) < 4.78 is 29.1. The molecule has 1 atom stereocenters. The van der Waals surface area contributed by atoms with Crippen LogP contribution in [0.25, 0.3) is 6.08 Å². The Bertz CT molecular complexity index is 831. The molecule has 0 saturated heterocycles. The van der Waals surface area contributed by atoms with E-state index >= 15 is 0 Å². The van der Waals surface area contributed by atoms with Gasteiger partial charge >= 0.3 is 0 Å². The lowest BCUT2D eigenvalue weighted by atomic mass is 9.96. The van der Waals surface area contributed by atoms with E-state index < -0.39 is 0 Å². The maximum Gasteiger partial charge on any atom is 0.244 e. The molecule has 0 fully saturated rings. The number of halogens is 1. The Balaban J connectivity index is 2.21. The molecule has 150 valence electrons. The highest BCUT2D eigenvalue weighted by Gasteiger charge is 2.17. The number of rotatable bonds is 8. The summed E-state index contributed by atoms with van der Waals surface area (Å²) in [5.74, 6) is 1.20. The van der Waals surface area contributed by atoms with Crippen molar-refractivity contribution in [3.63, 3.8) is 0 Å². The first-order chi connectivity index (χ1) is 13.4. The first kappa shape index (κ1) is 21.3. The van der Waals surface area contributed by atoms with Crippen molar-refractivity contribution in [1.29, 1.82) is 0 Å². The highest BCUT2D eigenvalue weighted by molar-refractivity contribution is 5.92. The molecule has 0 aliphatic carbocycles. The monoisotopic (exact) mass is 387 g/mol. The van der Waals surface area contributed by atoms with E-state index in [1.165, 1.54) is 18.2 Å². The summed E-state index contributed by atoms with van der Waals surface area (Å²) in [6.45, 7) is 3.99. The molecule has 2 rings (SSSR count). The Labute approximate surface area is 165 Å². The zero-order chi connectivity index (χ0) is 20.7. The van der Waals surface area contributed by atoms with Gasteiger partial charge in [-0.3, -0.25) is 4.79 Å². The second kappa shape index (κ2) is 9.78. The van der Waals surface area contributed by atoms with Gasteiger partial charge in [-0.15, -0.1) is 0 Å². The number of amides is 1. The summed E-state index contributed by atoms with van der Waals surface area (Å²) >= 11 is 0. The summed E-state index contributed by atoms with van der Waals surface area (Å²) in [5.41, 5.74) is 1.53. The summed E-state index contributed by atoms with van der Waals surface area (Å²) in [6, 6.07) is 9.35. The van der Waals surface area contributed by atoms with Crippen molar-refractivity contribution >= 4 is 12.0 Å². The van der Waals surface area contributed by atoms with Gasteiger partial charge < -0.3 is 19.5 Å². The third kappa shape index (κ3) is 5.25. The van der Waals surface area contributed by atoms with Crippen LogP contribution in [0.1, 0.15) is 31.0 Å². The van der Waals surface area contributed by atoms with Crippen LogP contribution >= 0.6 is 0 Å². The van der Waals surface area contributed by atoms with Crippen molar-refractivity contribution < 1.29 is 23.4 Å². The number of ether oxygens (including phenoxy) is 3. The molecule has 28 heavy (non-hydrogen) atoms. The minimum Gasteiger partial charge on any atom is -0.496 e. The van der Waals surface area contributed by atoms with Gasteiger partial charge in [0.2, 0.25) is 5.91 Å². The van der Waals surface area contributed by atoms with Gasteiger partial charge in [0, 0.05) is 17.7 Å². The number of carbonyl (C=O) groups excluding carboxylic acids is 1. The van der Waals surface area contributed by atoms with Gasteiger partial charge in [0.25, 0.3) is 0 Å². The third-order valence-electron chi connectivity index (χ3n) is 4.34. The SMILES string of the molecule is COc1cc(OC)c(OC)cc1/C=C/C(=O)NC(c1ccc(F)cc1)C(C)C. The Hall–Kier alpha value is -3.02. The minimum atomic E-state index is -0.307. The molecule has 2 aromatic rings. The van der Waals surface area contributed by atoms with Crippen LogP contribution < -0.4 is 19.5 Å². The average Bonchev–Trinajstić information content (AvgIpc) is 2.70. The molecule has 0 saturated carbocycles. The highest BCUT2D eigenvalue weighted by Crippen LogP contribution is 2.35. The van der Waals surface area contributed by atoms with E-state index in [1.54, 1.807) is 51.7 Å². The predicted molar refractivity (Wildman–Crippen MR) is 107 cm³/mol. The second-order valence-corrected chi connectivity index (χ2v) is 6.56. The molecule has 1 unspecified atom stereocenters. The molecule has 0 aliphatic heterocycles. The molecule has 2 aromatic carbocycles. The molecule has 1 amide bonds. The van der Waals surface area contributed by atoms with Gasteiger partial charge in [-0.25, -0.2) is 4.39 Å². The quantitative estimate of drug-likeness (QED) is 0.683. The van der Waals surface area contributed by atoms with Crippen LogP contribution in [0.15, 0.2) is 42.5 Å². The molecule has 5 nitrogen and oxygen atoms in total. The van der Waals surface area contributed by atoms with E-state index in [2.05, 4.69) is 5.32 Å². The maximum atomic E-state index is 13.2. The summed E-state index contributed by atoms with van der Waals surface area (Å²) in [5, 5.41) is 2.97. The molecular weight excluding hydrogens is 361 g/mol. The largest absolute Gasteiger partial charge is 0.496 e. The van der Waals surface area contributed by atoms with Gasteiger partial charge in [-0.1, -0.05) is 26.0 Å². The molecule has 0 bridgehead atoms. The van der Waals surface area contributed by atoms with Crippen LogP contribution in [0.4, 0.5) is 4.39 Å². The second-order valence-electron chi connectivity index (χ2n) is 6.56. The first-order valence-electron chi connectivity index (χ1n) is 8.93. The summed E-state index contributed by atoms with van der Waals surface area (Å²) in [4.78, 5) is 12.5. The molecule has 1 N–H and O–H groups in total. The number of nitrogens with one attached hydrogen (secondary N) is 1. The Kier molecular flexibility index (Phi) is 7.44. The molecular formula is C22H26FNO4. The highest BCUT2D eigenvalue weighted by atomic mass is 19.1. The number of hydrogen-bond acceptors (Lipinski definition) is 4. The van der Waals surface area contributed by atoms with E-state index in [0.717, 1.165) is 5.56 Å². The van der Waals surface area contributed by atoms with Crippen LogP contribution in [0.3, 0.4) is 0 Å². The van der Waals surface area contributed by atoms with Crippen LogP contribution in [0.2, 0.25) is 0 Å². The van der Waals surface area contributed by atoms with Gasteiger partial charge in [-0.2, -0.15) is 0 Å². The molecule has 0 heterocycles. The lowest BCUT2D eigenvalue weighted by molar-refractivity contribution is -0.117. The number of carbonyl (C=O) groups is 1. The van der Waals surface area contributed by atoms with Crippen LogP contribution in [-0.2, 0) is 4.79 Å². The van der Waals surface area contributed by atoms with Crippen molar-refractivity contribution in [1.82, 2.24) is 5.32 Å². The third-order valence-corrected chi connectivity index (χ3v) is 4.34. The van der Waals surface area contributed by atoms with E-state index in [4.69, 9.17) is 14.2 Å². The smallest absolute Gasteiger partial charge is 0.244 e. The predicted octanol–water partition coefficient (Wildman–Crippen LogP) is 4.38. The van der Waals surface area contributed by atoms with Crippen molar-refractivity contribution in [2.75, 3.05) is 21.3 Å². The van der Waals surface area contributed by atoms with Crippen LogP contribution in [0.5, 0.6) is 17.2 Å². The zero-order valence-electron chi connectivity index (χ0n) is 16.8. The lowest BCUT2D eigenvalue weighted by Crippen LogP contribution is -2.30. The topological polar surface area (TPSA) is 56.8 Å². The number of benzene rings is 2. The van der Waals surface area contributed by atoms with Crippen LogP contribution in [0, 0.1) is 11.7 Å². The number of methoxy groups -OCH3 is 3. The van der Waals surface area contributed by atoms with Gasteiger partial charge in [-0.05, 0) is 35.8 Å². The fourth-order valence-electron chi connectivity index (χ4n) is 2.85. The Morgan fingerprint density at radius 1 is 0.964 bits per heavy atom. The van der Waals surface area contributed by atoms with E-state index in [0.29, 0.717) is 22.8 Å². The molecule has 0 aromatic heterocycles. The molecule has 0 radical (unpaired) electrons. The van der Waals surface area contributed by atoms with E-state index in [9.17, 15) is 9.18 Å². The Morgan fingerprint density at radius 2 is 1.54 bits per heavy atom. The lowest BCUT2D eigenvalue weighted by Gasteiger charge is -2.22. The Morgan fingerprint density at radius 3 is 2.07 bits per heavy atom. The van der Waals surface area contributed by atoms with E-state index in [1.807, 2.05) is 13.8 Å². The van der Waals surface area contributed by atoms with E-state index in [-0.39, 0.29) is 23.7 Å². The summed E-state index contributed by atoms with van der Waals surface area (Å²) in [6.07, 6.45) is 3.08. The zero-order valence-corrected chi connectivity index (χ0v) is 16.8. The van der Waals surface area contributed by atoms with Crippen molar-refractivity contribution in [3.8, 4) is 17.2 Å². The standard InChI is InChI=1S/C22H26FNO4/c1-14(2)22(15-6-9-17(23)10-7-15)24-21(25)11-8-16-12-19(27-4)20(28-5)13-18(16)26-3/h6-14,22H,1-5H3,(H,24,25)/b11-8+. The minimum absolute atomic E-state index is 0.137. The van der Waals surface area contributed by atoms with Crippen molar-refractivity contribution in [2.45, 2.75) is 19.9 Å². The van der Waals surface area contributed by atoms with Gasteiger partial charge in [0.1, 0.15) is 11.6 Å². The first-order valence-corrected chi connectivity index (χ1v) is 8.93. The fourth-order valence-corrected chi connectivity index (χ4v) is 2.85. The van der Waals surface area contributed by atoms with Crippen molar-refractivity contribution in [3.05, 3.63) is 59.4 Å². The molecule has 0 spiro atoms.